The van der Waals surface area contributed by atoms with Crippen LogP contribution < -0.4 is 5.32 Å². The fraction of sp³-hybridized carbons (Fsp3) is 0. The van der Waals surface area contributed by atoms with Crippen LogP contribution >= 0.6 is 11.6 Å². The van der Waals surface area contributed by atoms with E-state index in [9.17, 15) is 0 Å². The Morgan fingerprint density at radius 3 is 2.55 bits per heavy atom. The number of para-hydroxylation sites is 1. The van der Waals surface area contributed by atoms with E-state index in [1.165, 1.54) is 0 Å². The van der Waals surface area contributed by atoms with Crippen molar-refractivity contribution in [2.24, 2.45) is 4.99 Å². The molecular formula is C18H12ClN3. The van der Waals surface area contributed by atoms with Crippen LogP contribution in [0.15, 0.2) is 72.0 Å². The van der Waals surface area contributed by atoms with Crippen molar-refractivity contribution in [3.63, 3.8) is 0 Å². The second kappa shape index (κ2) is 5.28. The lowest BCUT2D eigenvalue weighted by atomic mass is 10.0. The maximum absolute atomic E-state index is 6.13. The number of nitrogens with zero attached hydrogens (tertiary/aromatic N) is 2. The molecule has 1 aliphatic rings. The molecule has 3 aromatic rings. The fourth-order valence-electron chi connectivity index (χ4n) is 2.56. The quantitative estimate of drug-likeness (QED) is 0.539. The van der Waals surface area contributed by atoms with Gasteiger partial charge < -0.3 is 5.32 Å². The number of halogens is 1. The SMILES string of the molecule is Clc1ccc2c(c1)N=C(c1ccncc1)c1ccccc1N2. The van der Waals surface area contributed by atoms with Gasteiger partial charge in [0.15, 0.2) is 0 Å². The highest BCUT2D eigenvalue weighted by atomic mass is 35.5. The molecule has 0 atom stereocenters. The smallest absolute Gasteiger partial charge is 0.0887 e. The summed E-state index contributed by atoms with van der Waals surface area (Å²) < 4.78 is 0. The van der Waals surface area contributed by atoms with Crippen molar-refractivity contribution in [1.29, 1.82) is 0 Å². The zero-order chi connectivity index (χ0) is 14.9. The molecule has 1 N–H and O–H groups in total. The molecule has 4 rings (SSSR count). The van der Waals surface area contributed by atoms with Gasteiger partial charge in [0.2, 0.25) is 0 Å². The lowest BCUT2D eigenvalue weighted by Crippen LogP contribution is -2.04. The van der Waals surface area contributed by atoms with Gasteiger partial charge in [-0.3, -0.25) is 4.98 Å². The minimum absolute atomic E-state index is 0.671. The summed E-state index contributed by atoms with van der Waals surface area (Å²) in [5, 5.41) is 4.11. The van der Waals surface area contributed by atoms with Crippen molar-refractivity contribution < 1.29 is 0 Å². The topological polar surface area (TPSA) is 37.3 Å². The first kappa shape index (κ1) is 13.0. The Kier molecular flexibility index (Phi) is 3.13. The van der Waals surface area contributed by atoms with Crippen LogP contribution in [-0.4, -0.2) is 10.7 Å². The zero-order valence-corrected chi connectivity index (χ0v) is 12.4. The van der Waals surface area contributed by atoms with Gasteiger partial charge in [-0.2, -0.15) is 0 Å². The number of rotatable bonds is 1. The van der Waals surface area contributed by atoms with E-state index in [1.54, 1.807) is 12.4 Å². The van der Waals surface area contributed by atoms with E-state index < -0.39 is 0 Å². The highest BCUT2D eigenvalue weighted by Crippen LogP contribution is 2.36. The average molecular weight is 306 g/mol. The van der Waals surface area contributed by atoms with Crippen molar-refractivity contribution in [2.75, 3.05) is 5.32 Å². The van der Waals surface area contributed by atoms with Crippen LogP contribution in [0.25, 0.3) is 0 Å². The molecule has 1 aliphatic heterocycles. The summed E-state index contributed by atoms with van der Waals surface area (Å²) in [6, 6.07) is 17.8. The zero-order valence-electron chi connectivity index (χ0n) is 11.6. The Hall–Kier alpha value is -2.65. The van der Waals surface area contributed by atoms with E-state index >= 15 is 0 Å². The molecule has 0 fully saturated rings. The molecule has 1 aromatic heterocycles. The largest absolute Gasteiger partial charge is 0.353 e. The minimum Gasteiger partial charge on any atom is -0.353 e. The Morgan fingerprint density at radius 2 is 1.68 bits per heavy atom. The number of nitrogens with one attached hydrogen (secondary N) is 1. The van der Waals surface area contributed by atoms with E-state index in [-0.39, 0.29) is 0 Å². The van der Waals surface area contributed by atoms with E-state index in [0.29, 0.717) is 5.02 Å². The molecule has 0 aliphatic carbocycles. The van der Waals surface area contributed by atoms with Gasteiger partial charge in [0.1, 0.15) is 0 Å². The highest BCUT2D eigenvalue weighted by molar-refractivity contribution is 6.31. The van der Waals surface area contributed by atoms with Crippen LogP contribution in [0.5, 0.6) is 0 Å². The summed E-state index contributed by atoms with van der Waals surface area (Å²) in [6.45, 7) is 0. The van der Waals surface area contributed by atoms with Gasteiger partial charge in [-0.1, -0.05) is 29.8 Å². The summed E-state index contributed by atoms with van der Waals surface area (Å²) in [4.78, 5) is 8.94. The molecule has 0 saturated carbocycles. The van der Waals surface area contributed by atoms with E-state index in [4.69, 9.17) is 16.6 Å². The summed E-state index contributed by atoms with van der Waals surface area (Å²) >= 11 is 6.13. The van der Waals surface area contributed by atoms with Crippen LogP contribution in [0.4, 0.5) is 17.1 Å². The molecule has 3 nitrogen and oxygen atoms in total. The molecule has 2 aromatic carbocycles. The van der Waals surface area contributed by atoms with Crippen molar-refractivity contribution in [1.82, 2.24) is 4.98 Å². The average Bonchev–Trinajstić information content (AvgIpc) is 2.72. The van der Waals surface area contributed by atoms with Gasteiger partial charge in [0, 0.05) is 34.2 Å². The summed E-state index contributed by atoms with van der Waals surface area (Å²) in [5.41, 5.74) is 5.79. The van der Waals surface area contributed by atoms with E-state index in [0.717, 1.165) is 33.9 Å². The predicted octanol–water partition coefficient (Wildman–Crippen LogP) is 4.96. The lowest BCUT2D eigenvalue weighted by molar-refractivity contribution is 1.32. The first-order valence-electron chi connectivity index (χ1n) is 6.96. The predicted molar refractivity (Wildman–Crippen MR) is 90.7 cm³/mol. The molecule has 0 bridgehead atoms. The first-order valence-corrected chi connectivity index (χ1v) is 7.34. The number of hydrogen-bond acceptors (Lipinski definition) is 3. The third-order valence-electron chi connectivity index (χ3n) is 3.60. The van der Waals surface area contributed by atoms with Gasteiger partial charge >= 0.3 is 0 Å². The van der Waals surface area contributed by atoms with Crippen molar-refractivity contribution in [3.05, 3.63) is 83.1 Å². The number of hydrogen-bond donors (Lipinski definition) is 1. The Morgan fingerprint density at radius 1 is 0.864 bits per heavy atom. The molecule has 0 spiro atoms. The molecule has 0 radical (unpaired) electrons. The van der Waals surface area contributed by atoms with Gasteiger partial charge in [0.05, 0.1) is 17.1 Å². The molecule has 106 valence electrons. The van der Waals surface area contributed by atoms with Gasteiger partial charge in [-0.05, 0) is 36.4 Å². The molecule has 4 heteroatoms. The van der Waals surface area contributed by atoms with Crippen LogP contribution in [0.1, 0.15) is 11.1 Å². The third-order valence-corrected chi connectivity index (χ3v) is 3.83. The molecule has 0 amide bonds. The maximum Gasteiger partial charge on any atom is 0.0887 e. The molecule has 22 heavy (non-hydrogen) atoms. The van der Waals surface area contributed by atoms with Crippen molar-refractivity contribution in [2.45, 2.75) is 0 Å². The fourth-order valence-corrected chi connectivity index (χ4v) is 2.72. The maximum atomic E-state index is 6.13. The number of pyridine rings is 1. The van der Waals surface area contributed by atoms with Crippen LogP contribution in [0, 0.1) is 0 Å². The highest BCUT2D eigenvalue weighted by Gasteiger charge is 2.17. The normalized spacial score (nSPS) is 12.5. The summed E-state index contributed by atoms with van der Waals surface area (Å²) in [5.74, 6) is 0. The lowest BCUT2D eigenvalue weighted by Gasteiger charge is -2.10. The van der Waals surface area contributed by atoms with Crippen LogP contribution in [0.3, 0.4) is 0 Å². The number of fused-ring (bicyclic) bond motifs is 2. The first-order chi connectivity index (χ1) is 10.8. The second-order valence-corrected chi connectivity index (χ2v) is 5.46. The number of aromatic nitrogens is 1. The van der Waals surface area contributed by atoms with Gasteiger partial charge in [-0.25, -0.2) is 4.99 Å². The van der Waals surface area contributed by atoms with Gasteiger partial charge in [0.25, 0.3) is 0 Å². The van der Waals surface area contributed by atoms with Gasteiger partial charge in [-0.15, -0.1) is 0 Å². The van der Waals surface area contributed by atoms with E-state index in [1.807, 2.05) is 42.5 Å². The third kappa shape index (κ3) is 2.26. The molecule has 0 saturated heterocycles. The second-order valence-electron chi connectivity index (χ2n) is 5.03. The van der Waals surface area contributed by atoms with Crippen molar-refractivity contribution in [3.8, 4) is 0 Å². The van der Waals surface area contributed by atoms with Crippen molar-refractivity contribution >= 4 is 34.4 Å². The number of benzene rings is 2. The monoisotopic (exact) mass is 305 g/mol. The Bertz CT molecular complexity index is 873. The molecule has 0 unspecified atom stereocenters. The minimum atomic E-state index is 0.671. The molecule has 2 heterocycles. The summed E-state index contributed by atoms with van der Waals surface area (Å²) in [6.07, 6.45) is 3.55. The Labute approximate surface area is 133 Å². The summed E-state index contributed by atoms with van der Waals surface area (Å²) in [7, 11) is 0. The molecular weight excluding hydrogens is 294 g/mol. The number of aliphatic imine (C=N–C) groups is 1. The van der Waals surface area contributed by atoms with Crippen LogP contribution in [-0.2, 0) is 0 Å². The standard InChI is InChI=1S/C18H12ClN3/c19-13-5-6-16-17(11-13)22-18(12-7-9-20-10-8-12)14-3-1-2-4-15(14)21-16/h1-11,21H. The van der Waals surface area contributed by atoms with Crippen LogP contribution in [0.2, 0.25) is 5.02 Å². The van der Waals surface area contributed by atoms with E-state index in [2.05, 4.69) is 22.4 Å². The number of anilines is 2. The Balaban J connectivity index is 2.00.